The molecule has 4 rings (SSSR count). The smallest absolute Gasteiger partial charge is 0.419 e. The molecule has 0 unspecified atom stereocenters. The van der Waals surface area contributed by atoms with Gasteiger partial charge in [-0.05, 0) is 75.2 Å². The molecule has 2 aromatic carbocycles. The number of alkyl halides is 3. The molecule has 0 saturated carbocycles. The van der Waals surface area contributed by atoms with E-state index in [4.69, 9.17) is 32.5 Å². The molecule has 3 aromatic rings. The highest BCUT2D eigenvalue weighted by atomic mass is 35.5. The summed E-state index contributed by atoms with van der Waals surface area (Å²) in [4.78, 5) is 6.43. The Morgan fingerprint density at radius 3 is 2.67 bits per heavy atom. The van der Waals surface area contributed by atoms with Crippen molar-refractivity contribution in [2.45, 2.75) is 37.9 Å². The normalized spacial score (nSPS) is 17.0. The monoisotopic (exact) mass is 499 g/mol. The molecule has 5 nitrogen and oxygen atoms in total. The van der Waals surface area contributed by atoms with Crippen LogP contribution in [0.5, 0.6) is 5.75 Å². The van der Waals surface area contributed by atoms with Crippen molar-refractivity contribution < 1.29 is 22.4 Å². The summed E-state index contributed by atoms with van der Waals surface area (Å²) in [7, 11) is 1.96. The third kappa shape index (κ3) is 5.62. The van der Waals surface area contributed by atoms with Crippen LogP contribution in [0, 0.1) is 0 Å². The van der Waals surface area contributed by atoms with Crippen LogP contribution in [0.4, 0.5) is 13.2 Å². The Hall–Kier alpha value is -2.29. The summed E-state index contributed by atoms with van der Waals surface area (Å²) in [6.45, 7) is 1.03. The Morgan fingerprint density at radius 1 is 1.15 bits per heavy atom. The van der Waals surface area contributed by atoms with Crippen LogP contribution >= 0.6 is 23.2 Å². The van der Waals surface area contributed by atoms with Gasteiger partial charge in [0.15, 0.2) is 0 Å². The summed E-state index contributed by atoms with van der Waals surface area (Å²) in [5, 5.41) is 4.79. The molecule has 1 saturated heterocycles. The van der Waals surface area contributed by atoms with Gasteiger partial charge in [-0.25, -0.2) is 0 Å². The van der Waals surface area contributed by atoms with Crippen LogP contribution in [0.2, 0.25) is 10.0 Å². The second-order valence-electron chi connectivity index (χ2n) is 8.00. The van der Waals surface area contributed by atoms with Crippen molar-refractivity contribution in [1.29, 1.82) is 0 Å². The van der Waals surface area contributed by atoms with Gasteiger partial charge in [0.1, 0.15) is 5.75 Å². The van der Waals surface area contributed by atoms with E-state index in [9.17, 15) is 13.2 Å². The molecule has 1 aliphatic rings. The molecule has 0 radical (unpaired) electrons. The SMILES string of the molecule is CN1CCC[C@H]1c1nc(-c2ccc(OCCCc3ccc(Cl)c(Cl)c3)c(C(F)(F)F)c2)no1. The van der Waals surface area contributed by atoms with E-state index in [2.05, 4.69) is 15.0 Å². The maximum Gasteiger partial charge on any atom is 0.419 e. The number of halogens is 5. The summed E-state index contributed by atoms with van der Waals surface area (Å²) in [5.74, 6) is 0.308. The first-order valence-corrected chi connectivity index (χ1v) is 11.3. The predicted molar refractivity (Wildman–Crippen MR) is 120 cm³/mol. The van der Waals surface area contributed by atoms with Crippen molar-refractivity contribution >= 4 is 23.2 Å². The molecule has 10 heteroatoms. The standard InChI is InChI=1S/C23H22Cl2F3N3O2/c1-31-10-2-5-19(31)22-29-21(30-33-22)15-7-9-20(16(13-15)23(26,27)28)32-11-3-4-14-6-8-17(24)18(25)12-14/h6-9,12-13,19H,2-5,10-11H2,1H3/t19-/m0/s1. The predicted octanol–water partition coefficient (Wildman–Crippen LogP) is 6.84. The maximum atomic E-state index is 13.7. The number of hydrogen-bond acceptors (Lipinski definition) is 5. The molecule has 1 fully saturated rings. The van der Waals surface area contributed by atoms with Gasteiger partial charge in [-0.1, -0.05) is 34.4 Å². The Kier molecular flexibility index (Phi) is 7.16. The minimum absolute atomic E-state index is 0.00790. The molecule has 0 amide bonds. The number of likely N-dealkylation sites (tertiary alicyclic amines) is 1. The van der Waals surface area contributed by atoms with E-state index in [1.54, 1.807) is 12.1 Å². The number of benzene rings is 2. The zero-order valence-electron chi connectivity index (χ0n) is 17.8. The first-order chi connectivity index (χ1) is 15.7. The lowest BCUT2D eigenvalue weighted by atomic mass is 10.1. The number of ether oxygens (including phenoxy) is 1. The van der Waals surface area contributed by atoms with E-state index in [-0.39, 0.29) is 29.8 Å². The van der Waals surface area contributed by atoms with E-state index in [1.165, 1.54) is 12.1 Å². The molecule has 1 atom stereocenters. The van der Waals surface area contributed by atoms with E-state index >= 15 is 0 Å². The lowest BCUT2D eigenvalue weighted by Gasteiger charge is -2.15. The highest BCUT2D eigenvalue weighted by molar-refractivity contribution is 6.42. The van der Waals surface area contributed by atoms with E-state index in [1.807, 2.05) is 13.1 Å². The van der Waals surface area contributed by atoms with Crippen LogP contribution in [-0.4, -0.2) is 35.2 Å². The zero-order chi connectivity index (χ0) is 23.6. The van der Waals surface area contributed by atoms with Gasteiger partial charge in [0.25, 0.3) is 0 Å². The summed E-state index contributed by atoms with van der Waals surface area (Å²) >= 11 is 11.9. The van der Waals surface area contributed by atoms with Crippen molar-refractivity contribution in [2.24, 2.45) is 0 Å². The fourth-order valence-corrected chi connectivity index (χ4v) is 4.20. The van der Waals surface area contributed by atoms with Crippen molar-refractivity contribution in [1.82, 2.24) is 15.0 Å². The number of hydrogen-bond donors (Lipinski definition) is 0. The Bertz CT molecular complexity index is 1120. The molecule has 0 N–H and O–H groups in total. The average molecular weight is 500 g/mol. The van der Waals surface area contributed by atoms with E-state index < -0.39 is 11.7 Å². The van der Waals surface area contributed by atoms with Crippen LogP contribution in [-0.2, 0) is 12.6 Å². The molecule has 0 aliphatic carbocycles. The van der Waals surface area contributed by atoms with Gasteiger partial charge in [0, 0.05) is 5.56 Å². The van der Waals surface area contributed by atoms with Gasteiger partial charge >= 0.3 is 6.18 Å². The van der Waals surface area contributed by atoms with Gasteiger partial charge in [-0.15, -0.1) is 0 Å². The number of aromatic nitrogens is 2. The Labute approximate surface area is 199 Å². The first-order valence-electron chi connectivity index (χ1n) is 10.5. The van der Waals surface area contributed by atoms with E-state index in [0.29, 0.717) is 28.8 Å². The second-order valence-corrected chi connectivity index (χ2v) is 8.82. The fraction of sp³-hybridized carbons (Fsp3) is 0.391. The zero-order valence-corrected chi connectivity index (χ0v) is 19.3. The maximum absolute atomic E-state index is 13.7. The van der Waals surface area contributed by atoms with Crippen molar-refractivity contribution in [3.63, 3.8) is 0 Å². The molecular weight excluding hydrogens is 478 g/mol. The summed E-state index contributed by atoms with van der Waals surface area (Å²) in [6.07, 6.45) is -1.60. The number of rotatable bonds is 7. The average Bonchev–Trinajstić information content (AvgIpc) is 3.42. The molecule has 1 aromatic heterocycles. The van der Waals surface area contributed by atoms with E-state index in [0.717, 1.165) is 31.0 Å². The second kappa shape index (κ2) is 9.91. The minimum atomic E-state index is -4.59. The molecule has 0 bridgehead atoms. The topological polar surface area (TPSA) is 51.4 Å². The largest absolute Gasteiger partial charge is 0.493 e. The third-order valence-electron chi connectivity index (χ3n) is 5.64. The van der Waals surface area contributed by atoms with Crippen LogP contribution in [0.1, 0.15) is 42.3 Å². The third-order valence-corrected chi connectivity index (χ3v) is 6.38. The molecule has 176 valence electrons. The molecule has 33 heavy (non-hydrogen) atoms. The van der Waals surface area contributed by atoms with Crippen LogP contribution in [0.25, 0.3) is 11.4 Å². The number of aryl methyl sites for hydroxylation is 1. The lowest BCUT2D eigenvalue weighted by Crippen LogP contribution is -2.17. The summed E-state index contributed by atoms with van der Waals surface area (Å²) in [5.41, 5.74) is 0.278. The van der Waals surface area contributed by atoms with Crippen molar-refractivity contribution in [2.75, 3.05) is 20.2 Å². The lowest BCUT2D eigenvalue weighted by molar-refractivity contribution is -0.138. The van der Waals surface area contributed by atoms with Gasteiger partial charge < -0.3 is 9.26 Å². The highest BCUT2D eigenvalue weighted by Gasteiger charge is 2.35. The molecule has 2 heterocycles. The van der Waals surface area contributed by atoms with Gasteiger partial charge in [-0.2, -0.15) is 18.2 Å². The van der Waals surface area contributed by atoms with Crippen LogP contribution in [0.3, 0.4) is 0 Å². The number of nitrogens with zero attached hydrogens (tertiary/aromatic N) is 3. The summed E-state index contributed by atoms with van der Waals surface area (Å²) in [6, 6.07) is 9.06. The van der Waals surface area contributed by atoms with Gasteiger partial charge in [0.05, 0.1) is 28.3 Å². The molecule has 1 aliphatic heterocycles. The Morgan fingerprint density at radius 2 is 1.97 bits per heavy atom. The van der Waals surface area contributed by atoms with Crippen molar-refractivity contribution in [3.8, 4) is 17.1 Å². The summed E-state index contributed by atoms with van der Waals surface area (Å²) < 4.78 is 52.0. The molecular formula is C23H22Cl2F3N3O2. The van der Waals surface area contributed by atoms with Crippen LogP contribution < -0.4 is 4.74 Å². The quantitative estimate of drug-likeness (QED) is 0.333. The minimum Gasteiger partial charge on any atom is -0.493 e. The fourth-order valence-electron chi connectivity index (χ4n) is 3.88. The van der Waals surface area contributed by atoms with Crippen molar-refractivity contribution in [3.05, 3.63) is 63.5 Å². The molecule has 0 spiro atoms. The van der Waals surface area contributed by atoms with Gasteiger partial charge in [-0.3, -0.25) is 4.90 Å². The van der Waals surface area contributed by atoms with Crippen LogP contribution in [0.15, 0.2) is 40.9 Å². The van der Waals surface area contributed by atoms with Gasteiger partial charge in [0.2, 0.25) is 11.7 Å². The first kappa shape index (κ1) is 23.9. The Balaban J connectivity index is 1.45. The highest BCUT2D eigenvalue weighted by Crippen LogP contribution is 2.39.